The van der Waals surface area contributed by atoms with E-state index in [1.54, 1.807) is 12.1 Å². The Balaban J connectivity index is 1.29. The molecule has 0 radical (unpaired) electrons. The highest BCUT2D eigenvalue weighted by atomic mass is 32.2. The van der Waals surface area contributed by atoms with Gasteiger partial charge in [-0.3, -0.25) is 13.9 Å². The Kier molecular flexibility index (Phi) is 9.40. The van der Waals surface area contributed by atoms with Crippen LogP contribution >= 0.6 is 0 Å². The van der Waals surface area contributed by atoms with Gasteiger partial charge in [0.1, 0.15) is 0 Å². The highest BCUT2D eigenvalue weighted by Gasteiger charge is 2.49. The van der Waals surface area contributed by atoms with E-state index in [0.29, 0.717) is 18.2 Å². The van der Waals surface area contributed by atoms with Crippen LogP contribution in [0.25, 0.3) is 21.5 Å². The first-order chi connectivity index (χ1) is 26.4. The van der Waals surface area contributed by atoms with Gasteiger partial charge in [0.2, 0.25) is 0 Å². The van der Waals surface area contributed by atoms with Crippen LogP contribution in [-0.4, -0.2) is 55.8 Å². The maximum absolute atomic E-state index is 12.2. The van der Waals surface area contributed by atoms with E-state index in [9.17, 15) is 35.8 Å². The van der Waals surface area contributed by atoms with E-state index < -0.39 is 37.0 Å². The second-order valence-corrected chi connectivity index (χ2v) is 19.4. The molecule has 0 spiro atoms. The van der Waals surface area contributed by atoms with E-state index >= 15 is 0 Å². The molecular weight excluding hydrogens is 751 g/mol. The molecule has 0 saturated heterocycles. The Hall–Kier alpha value is -4.33. The molecule has 56 heavy (non-hydrogen) atoms. The molecule has 0 bridgehead atoms. The maximum atomic E-state index is 12.2. The van der Waals surface area contributed by atoms with Crippen LogP contribution in [0.4, 0.5) is 5.69 Å². The number of nitrogens with zero attached hydrogens (tertiary/aromatic N) is 1. The lowest BCUT2D eigenvalue weighted by atomic mass is 9.66. The molecule has 3 unspecified atom stereocenters. The van der Waals surface area contributed by atoms with Crippen molar-refractivity contribution in [1.82, 2.24) is 0 Å². The molecule has 4 aliphatic rings. The molecule has 12 heteroatoms. The third-order valence-corrected chi connectivity index (χ3v) is 14.4. The Morgan fingerprint density at radius 2 is 1.48 bits per heavy atom. The number of hydrogen-bond donors (Lipinski definition) is 3. The number of hydrogen-bond acceptors (Lipinski definition) is 7. The predicted molar refractivity (Wildman–Crippen MR) is 216 cm³/mol. The number of carboxylic acids is 1. The van der Waals surface area contributed by atoms with Gasteiger partial charge in [0.15, 0.2) is 0 Å². The fraction of sp³-hybridized carbons (Fsp3) is 0.386. The molecule has 294 valence electrons. The Bertz CT molecular complexity index is 2640. The second kappa shape index (κ2) is 13.7. The maximum Gasteiger partial charge on any atom is 0.303 e. The molecule has 3 N–H and O–H groups in total. The predicted octanol–water partition coefficient (Wildman–Crippen LogP) is 8.82. The topological polar surface area (TPSA) is 159 Å². The fourth-order valence-corrected chi connectivity index (χ4v) is 11.1. The van der Waals surface area contributed by atoms with E-state index in [0.717, 1.165) is 106 Å². The summed E-state index contributed by atoms with van der Waals surface area (Å²) < 4.78 is 75.1. The fourth-order valence-electron chi connectivity index (χ4n) is 10.1. The third kappa shape index (κ3) is 6.39. The van der Waals surface area contributed by atoms with Crippen LogP contribution in [0.15, 0.2) is 106 Å². The first kappa shape index (κ1) is 38.5. The first-order valence-electron chi connectivity index (χ1n) is 19.3. The van der Waals surface area contributed by atoms with Crippen LogP contribution in [0.2, 0.25) is 0 Å². The summed E-state index contributed by atoms with van der Waals surface area (Å²) >= 11 is 0. The second-order valence-electron chi connectivity index (χ2n) is 16.5. The summed E-state index contributed by atoms with van der Waals surface area (Å²) in [7, 11) is -8.79. The Morgan fingerprint density at radius 1 is 0.839 bits per heavy atom. The number of fused-ring (bicyclic) bond motifs is 10. The van der Waals surface area contributed by atoms with Gasteiger partial charge >= 0.3 is 5.97 Å². The first-order valence-corrected chi connectivity index (χ1v) is 22.2. The van der Waals surface area contributed by atoms with Crippen molar-refractivity contribution in [1.29, 1.82) is 0 Å². The molecule has 0 amide bonds. The van der Waals surface area contributed by atoms with Crippen LogP contribution < -0.4 is 4.90 Å². The number of anilines is 1. The number of benzene rings is 4. The zero-order valence-corrected chi connectivity index (χ0v) is 33.5. The molecule has 0 fully saturated rings. The minimum atomic E-state index is -4.42. The molecule has 3 heterocycles. The molecule has 1 aliphatic carbocycles. The van der Waals surface area contributed by atoms with Gasteiger partial charge in [-0.2, -0.15) is 16.8 Å². The van der Waals surface area contributed by atoms with E-state index in [4.69, 9.17) is 11.3 Å². The van der Waals surface area contributed by atoms with Gasteiger partial charge in [-0.1, -0.05) is 70.5 Å². The van der Waals surface area contributed by atoms with Crippen LogP contribution in [0.5, 0.6) is 0 Å². The number of allylic oxidation sites excluding steroid dienone is 1. The van der Waals surface area contributed by atoms with Gasteiger partial charge in [0, 0.05) is 40.8 Å². The van der Waals surface area contributed by atoms with E-state index in [2.05, 4.69) is 37.8 Å². The SMILES string of the molecule is C=C1C2=CC3=C4N(CCC3OC2CCCc2ccc3cc(S(=O)(=O)O)ccc3c2C1(C)CCCCCC(=O)O)c1ccc2cc(S(=O)(=O)O)ccc2c1C4(C)C. The molecular formula is C44H47NO9S2. The van der Waals surface area contributed by atoms with Crippen molar-refractivity contribution in [2.24, 2.45) is 0 Å². The lowest BCUT2D eigenvalue weighted by Crippen LogP contribution is -2.43. The monoisotopic (exact) mass is 797 g/mol. The summed E-state index contributed by atoms with van der Waals surface area (Å²) in [6.45, 7) is 12.2. The van der Waals surface area contributed by atoms with Crippen LogP contribution in [-0.2, 0) is 47.0 Å². The summed E-state index contributed by atoms with van der Waals surface area (Å²) in [5.41, 5.74) is 7.39. The quantitative estimate of drug-likeness (QED) is 0.116. The smallest absolute Gasteiger partial charge is 0.303 e. The Labute approximate surface area is 328 Å². The van der Waals surface area contributed by atoms with Crippen molar-refractivity contribution in [2.75, 3.05) is 11.4 Å². The molecule has 3 atom stereocenters. The Morgan fingerprint density at radius 3 is 2.12 bits per heavy atom. The zero-order valence-electron chi connectivity index (χ0n) is 31.8. The number of rotatable bonds is 8. The van der Waals surface area contributed by atoms with E-state index in [-0.39, 0.29) is 28.4 Å². The highest BCUT2D eigenvalue weighted by molar-refractivity contribution is 7.86. The minimum absolute atomic E-state index is 0.0979. The molecule has 4 aromatic rings. The highest BCUT2D eigenvalue weighted by Crippen LogP contribution is 2.56. The van der Waals surface area contributed by atoms with Gasteiger partial charge in [0.05, 0.1) is 22.0 Å². The molecule has 3 aliphatic heterocycles. The van der Waals surface area contributed by atoms with E-state index in [1.807, 2.05) is 18.2 Å². The lowest BCUT2D eigenvalue weighted by Gasteiger charge is -2.44. The molecule has 10 nitrogen and oxygen atoms in total. The normalized spacial score (nSPS) is 23.3. The third-order valence-electron chi connectivity index (χ3n) is 12.7. The van der Waals surface area contributed by atoms with E-state index in [1.165, 1.54) is 24.3 Å². The summed E-state index contributed by atoms with van der Waals surface area (Å²) in [5.74, 6) is -0.820. The number of carboxylic acid groups (broad SMARTS) is 1. The van der Waals surface area contributed by atoms with Crippen molar-refractivity contribution in [3.8, 4) is 0 Å². The van der Waals surface area contributed by atoms with Gasteiger partial charge in [0.25, 0.3) is 20.2 Å². The molecule has 4 aromatic carbocycles. The zero-order chi connectivity index (χ0) is 39.9. The van der Waals surface area contributed by atoms with Crippen LogP contribution in [0, 0.1) is 0 Å². The van der Waals surface area contributed by atoms with Gasteiger partial charge in [-0.05, 0) is 124 Å². The minimum Gasteiger partial charge on any atom is -0.481 e. The average molecular weight is 798 g/mol. The number of carbonyl (C=O) groups is 1. The molecule has 0 saturated carbocycles. The van der Waals surface area contributed by atoms with Crippen molar-refractivity contribution in [2.45, 2.75) is 111 Å². The number of unbranched alkanes of at least 4 members (excludes halogenated alkanes) is 2. The summed E-state index contributed by atoms with van der Waals surface area (Å²) in [6.07, 6.45) is 7.97. The van der Waals surface area contributed by atoms with Gasteiger partial charge < -0.3 is 14.7 Å². The van der Waals surface area contributed by atoms with Crippen molar-refractivity contribution < 1.29 is 40.6 Å². The summed E-state index contributed by atoms with van der Waals surface area (Å²) in [4.78, 5) is 13.4. The molecule has 8 rings (SSSR count). The lowest BCUT2D eigenvalue weighted by molar-refractivity contribution is -0.137. The molecule has 0 aromatic heterocycles. The van der Waals surface area contributed by atoms with Gasteiger partial charge in [-0.25, -0.2) is 0 Å². The largest absolute Gasteiger partial charge is 0.481 e. The van der Waals surface area contributed by atoms with Crippen LogP contribution in [0.1, 0.15) is 88.8 Å². The summed E-state index contributed by atoms with van der Waals surface area (Å²) in [6, 6.07) is 17.4. The van der Waals surface area contributed by atoms with Crippen molar-refractivity contribution >= 4 is 53.4 Å². The average Bonchev–Trinajstić information content (AvgIpc) is 3.40. The standard InChI is InChI=1S/C44H47NO9S2/c1-26-34-25-35-38(20-22-45-36-19-14-29-24-31(56(51,52)53)16-18-33(29)41(36)43(2,3)42(35)45)54-37(34)10-8-9-27-12-13-28-23-30(55(48,49)50)15-17-32(28)40(27)44(26,4)21-7-5-6-11-39(46)47/h12-19,23-25,37-38H,1,5-11,20-22H2,2-4H3,(H,46,47)(H,48,49,50)(H,51,52,53). The number of ether oxygens (including phenoxy) is 1. The van der Waals surface area contributed by atoms with Crippen molar-refractivity contribution in [3.05, 3.63) is 112 Å². The summed E-state index contributed by atoms with van der Waals surface area (Å²) in [5, 5.41) is 12.6. The number of aliphatic carboxylic acids is 1. The van der Waals surface area contributed by atoms with Crippen molar-refractivity contribution in [3.63, 3.8) is 0 Å². The van der Waals surface area contributed by atoms with Gasteiger partial charge in [-0.15, -0.1) is 0 Å². The van der Waals surface area contributed by atoms with Crippen LogP contribution in [0.3, 0.4) is 0 Å². The number of aryl methyl sites for hydroxylation is 1.